The van der Waals surface area contributed by atoms with Gasteiger partial charge in [-0.3, -0.25) is 0 Å². The highest BCUT2D eigenvalue weighted by atomic mass is 16.3. The molecule has 0 bridgehead atoms. The van der Waals surface area contributed by atoms with Crippen LogP contribution < -0.4 is 0 Å². The van der Waals surface area contributed by atoms with Gasteiger partial charge >= 0.3 is 0 Å². The summed E-state index contributed by atoms with van der Waals surface area (Å²) >= 11 is 0. The molecular weight excluding hydrogens is 352 g/mol. The van der Waals surface area contributed by atoms with Crippen LogP contribution in [-0.4, -0.2) is 11.2 Å². The molecule has 0 aromatic heterocycles. The third-order valence-electron chi connectivity index (χ3n) is 11.6. The van der Waals surface area contributed by atoms with Crippen molar-refractivity contribution in [3.63, 3.8) is 0 Å². The van der Waals surface area contributed by atoms with E-state index in [0.717, 1.165) is 47.8 Å². The van der Waals surface area contributed by atoms with Gasteiger partial charge in [0.05, 0.1) is 6.10 Å². The molecule has 0 heterocycles. The summed E-state index contributed by atoms with van der Waals surface area (Å²) in [6, 6.07) is 0. The van der Waals surface area contributed by atoms with E-state index in [1.807, 2.05) is 0 Å². The minimum Gasteiger partial charge on any atom is -0.393 e. The molecule has 10 atom stereocenters. The average molecular weight is 403 g/mol. The predicted octanol–water partition coefficient (Wildman–Crippen LogP) is 7.71. The second kappa shape index (κ2) is 8.14. The molecule has 0 amide bonds. The fourth-order valence-corrected chi connectivity index (χ4v) is 9.29. The second-order valence-corrected chi connectivity index (χ2v) is 13.0. The first-order chi connectivity index (χ1) is 13.7. The summed E-state index contributed by atoms with van der Waals surface area (Å²) in [6.07, 6.45) is 15.2. The molecule has 4 saturated carbocycles. The van der Waals surface area contributed by atoms with Crippen LogP contribution in [0.4, 0.5) is 0 Å². The van der Waals surface area contributed by atoms with Crippen molar-refractivity contribution in [2.24, 2.45) is 58.2 Å². The van der Waals surface area contributed by atoms with E-state index in [2.05, 4.69) is 41.5 Å². The van der Waals surface area contributed by atoms with Gasteiger partial charge in [0.15, 0.2) is 0 Å². The smallest absolute Gasteiger partial charge is 0.0577 e. The summed E-state index contributed by atoms with van der Waals surface area (Å²) in [6.45, 7) is 15.1. The maximum Gasteiger partial charge on any atom is 0.0577 e. The van der Waals surface area contributed by atoms with Gasteiger partial charge < -0.3 is 5.11 Å². The van der Waals surface area contributed by atoms with Crippen LogP contribution >= 0.6 is 0 Å². The Bertz CT molecular complexity index is 569. The van der Waals surface area contributed by atoms with Crippen LogP contribution in [0.1, 0.15) is 112 Å². The minimum atomic E-state index is -0.0178. The fraction of sp³-hybridized carbons (Fsp3) is 1.00. The SMILES string of the molecule is CC(C)[C@H](C)CC[C@@H](C)[C@H]1CC[C@H]2[C@@H]3C(O)CC4CCCC[C@]4(C)[C@H]3CC[C@]12C. The molecule has 0 aromatic carbocycles. The predicted molar refractivity (Wildman–Crippen MR) is 124 cm³/mol. The number of aliphatic hydroxyl groups is 1. The zero-order valence-electron chi connectivity index (χ0n) is 20.4. The van der Waals surface area contributed by atoms with Crippen LogP contribution in [0.3, 0.4) is 0 Å². The van der Waals surface area contributed by atoms with E-state index in [1.165, 1.54) is 64.2 Å². The Kier molecular flexibility index (Phi) is 6.22. The summed E-state index contributed by atoms with van der Waals surface area (Å²) in [5, 5.41) is 11.4. The third kappa shape index (κ3) is 3.64. The molecule has 0 aliphatic heterocycles. The van der Waals surface area contributed by atoms with Crippen LogP contribution in [-0.2, 0) is 0 Å². The molecule has 0 spiro atoms. The monoisotopic (exact) mass is 402 g/mol. The van der Waals surface area contributed by atoms with E-state index in [4.69, 9.17) is 0 Å². The van der Waals surface area contributed by atoms with Crippen LogP contribution in [0.5, 0.6) is 0 Å². The lowest BCUT2D eigenvalue weighted by Crippen LogP contribution is -2.57. The highest BCUT2D eigenvalue weighted by Crippen LogP contribution is 2.68. The lowest BCUT2D eigenvalue weighted by atomic mass is 9.44. The van der Waals surface area contributed by atoms with E-state index in [0.29, 0.717) is 16.7 Å². The maximum atomic E-state index is 11.4. The largest absolute Gasteiger partial charge is 0.393 e. The molecule has 168 valence electrons. The lowest BCUT2D eigenvalue weighted by molar-refractivity contribution is -0.164. The van der Waals surface area contributed by atoms with E-state index in [1.54, 1.807) is 0 Å². The van der Waals surface area contributed by atoms with Crippen molar-refractivity contribution in [1.29, 1.82) is 0 Å². The van der Waals surface area contributed by atoms with Gasteiger partial charge in [-0.15, -0.1) is 0 Å². The average Bonchev–Trinajstić information content (AvgIpc) is 3.03. The molecule has 0 saturated heterocycles. The van der Waals surface area contributed by atoms with Gasteiger partial charge in [-0.2, -0.15) is 0 Å². The minimum absolute atomic E-state index is 0.0178. The zero-order valence-corrected chi connectivity index (χ0v) is 20.4. The Labute approximate surface area is 181 Å². The van der Waals surface area contributed by atoms with Gasteiger partial charge in [0, 0.05) is 0 Å². The van der Waals surface area contributed by atoms with Crippen molar-refractivity contribution < 1.29 is 5.11 Å². The Morgan fingerprint density at radius 1 is 0.828 bits per heavy atom. The van der Waals surface area contributed by atoms with Gasteiger partial charge in [0.25, 0.3) is 0 Å². The summed E-state index contributed by atoms with van der Waals surface area (Å²) in [4.78, 5) is 0. The first-order valence-electron chi connectivity index (χ1n) is 13.4. The number of rotatable bonds is 5. The third-order valence-corrected chi connectivity index (χ3v) is 11.6. The number of hydrogen-bond acceptors (Lipinski definition) is 1. The summed E-state index contributed by atoms with van der Waals surface area (Å²) in [5.41, 5.74) is 1.01. The van der Waals surface area contributed by atoms with Crippen molar-refractivity contribution in [3.8, 4) is 0 Å². The lowest BCUT2D eigenvalue weighted by Gasteiger charge is -2.62. The van der Waals surface area contributed by atoms with E-state index in [-0.39, 0.29) is 6.10 Å². The van der Waals surface area contributed by atoms with Crippen LogP contribution in [0.25, 0.3) is 0 Å². The number of aliphatic hydroxyl groups excluding tert-OH is 1. The number of fused-ring (bicyclic) bond motifs is 5. The number of hydrogen-bond donors (Lipinski definition) is 1. The Balaban J connectivity index is 1.50. The molecule has 1 nitrogen and oxygen atoms in total. The maximum absolute atomic E-state index is 11.4. The van der Waals surface area contributed by atoms with Gasteiger partial charge in [-0.05, 0) is 103 Å². The molecule has 1 heteroatoms. The van der Waals surface area contributed by atoms with Gasteiger partial charge in [0.2, 0.25) is 0 Å². The summed E-state index contributed by atoms with van der Waals surface area (Å²) in [5.74, 6) is 6.37. The first kappa shape index (κ1) is 22.2. The summed E-state index contributed by atoms with van der Waals surface area (Å²) < 4.78 is 0. The molecule has 0 aromatic rings. The topological polar surface area (TPSA) is 20.2 Å². The standard InChI is InChI=1S/C28H50O/c1-18(2)19(3)10-11-20(4)22-12-13-23-26-24(14-16-28(22,23)6)27(5)15-8-7-9-21(27)17-25(26)29/h18-26,29H,7-17H2,1-6H3/t19-,20-,21?,22-,23+,24+,25?,26+,27+,28-/m1/s1. The molecule has 4 aliphatic carbocycles. The summed E-state index contributed by atoms with van der Waals surface area (Å²) in [7, 11) is 0. The molecule has 29 heavy (non-hydrogen) atoms. The molecule has 4 aliphatic rings. The van der Waals surface area contributed by atoms with E-state index >= 15 is 0 Å². The van der Waals surface area contributed by atoms with Crippen molar-refractivity contribution >= 4 is 0 Å². The van der Waals surface area contributed by atoms with Crippen molar-refractivity contribution in [2.75, 3.05) is 0 Å². The van der Waals surface area contributed by atoms with Gasteiger partial charge in [0.1, 0.15) is 0 Å². The quantitative estimate of drug-likeness (QED) is 0.499. The van der Waals surface area contributed by atoms with Crippen molar-refractivity contribution in [1.82, 2.24) is 0 Å². The molecule has 2 unspecified atom stereocenters. The normalized spacial score (nSPS) is 49.2. The second-order valence-electron chi connectivity index (χ2n) is 13.0. The van der Waals surface area contributed by atoms with Crippen LogP contribution in [0.15, 0.2) is 0 Å². The zero-order chi connectivity index (χ0) is 21.0. The Morgan fingerprint density at radius 3 is 2.28 bits per heavy atom. The first-order valence-corrected chi connectivity index (χ1v) is 13.4. The molecular formula is C28H50O. The fourth-order valence-electron chi connectivity index (χ4n) is 9.29. The molecule has 0 radical (unpaired) electrons. The van der Waals surface area contributed by atoms with Crippen molar-refractivity contribution in [3.05, 3.63) is 0 Å². The van der Waals surface area contributed by atoms with Gasteiger partial charge in [-0.25, -0.2) is 0 Å². The van der Waals surface area contributed by atoms with E-state index < -0.39 is 0 Å². The van der Waals surface area contributed by atoms with Crippen LogP contribution in [0.2, 0.25) is 0 Å². The highest BCUT2D eigenvalue weighted by Gasteiger charge is 2.62. The van der Waals surface area contributed by atoms with Gasteiger partial charge in [-0.1, -0.05) is 67.2 Å². The molecule has 4 fully saturated rings. The van der Waals surface area contributed by atoms with E-state index in [9.17, 15) is 5.11 Å². The van der Waals surface area contributed by atoms with Crippen LogP contribution in [0, 0.1) is 58.2 Å². The molecule has 4 rings (SSSR count). The molecule has 1 N–H and O–H groups in total. The Morgan fingerprint density at radius 2 is 1.55 bits per heavy atom. The highest BCUT2D eigenvalue weighted by molar-refractivity contribution is 5.11. The Hall–Kier alpha value is -0.0400. The van der Waals surface area contributed by atoms with Crippen molar-refractivity contribution in [2.45, 2.75) is 118 Å².